The first-order valence-electron chi connectivity index (χ1n) is 8.54. The minimum atomic E-state index is 0.548. The monoisotopic (exact) mass is 319 g/mol. The van der Waals surface area contributed by atoms with Crippen molar-refractivity contribution >= 4 is 38.8 Å². The Bertz CT molecular complexity index is 862. The predicted molar refractivity (Wildman–Crippen MR) is 103 cm³/mol. The van der Waals surface area contributed by atoms with E-state index >= 15 is 0 Å². The molecule has 1 aliphatic rings. The van der Waals surface area contributed by atoms with Crippen LogP contribution in [0.4, 0.5) is 0 Å². The van der Waals surface area contributed by atoms with Gasteiger partial charge in [0.05, 0.1) is 0 Å². The Kier molecular flexibility index (Phi) is 4.00. The molecule has 2 heteroatoms. The predicted octanol–water partition coefficient (Wildman–Crippen LogP) is 5.59. The molecule has 0 heterocycles. The molecule has 0 bridgehead atoms. The van der Waals surface area contributed by atoms with Crippen molar-refractivity contribution in [3.8, 4) is 0 Å². The maximum Gasteiger partial charge on any atom is 0.107 e. The third kappa shape index (κ3) is 2.84. The van der Waals surface area contributed by atoms with Gasteiger partial charge in [-0.3, -0.25) is 0 Å². The second kappa shape index (κ2) is 6.29. The first-order valence-corrected chi connectivity index (χ1v) is 8.95. The van der Waals surface area contributed by atoms with Gasteiger partial charge in [-0.2, -0.15) is 0 Å². The summed E-state index contributed by atoms with van der Waals surface area (Å²) in [5, 5.41) is 8.72. The van der Waals surface area contributed by atoms with E-state index < -0.39 is 0 Å². The molecule has 1 saturated carbocycles. The van der Waals surface area contributed by atoms with Gasteiger partial charge in [0.25, 0.3) is 0 Å². The molecule has 0 amide bonds. The van der Waals surface area contributed by atoms with E-state index in [0.29, 0.717) is 6.04 Å². The van der Waals surface area contributed by atoms with Crippen LogP contribution in [0.3, 0.4) is 0 Å². The normalized spacial score (nSPS) is 15.8. The fourth-order valence-corrected chi connectivity index (χ4v) is 4.09. The number of hydrogen-bond acceptors (Lipinski definition) is 1. The smallest absolute Gasteiger partial charge is 0.107 e. The number of benzene rings is 3. The number of nitrogens with one attached hydrogen (secondary N) is 1. The highest BCUT2D eigenvalue weighted by Crippen LogP contribution is 2.28. The van der Waals surface area contributed by atoms with Gasteiger partial charge in [0.1, 0.15) is 4.99 Å². The molecular weight excluding hydrogens is 298 g/mol. The summed E-state index contributed by atoms with van der Waals surface area (Å²) in [5.41, 5.74) is 1.16. The second-order valence-corrected chi connectivity index (χ2v) is 6.90. The van der Waals surface area contributed by atoms with Crippen LogP contribution in [0, 0.1) is 0 Å². The number of hydrogen-bond donors (Lipinski definition) is 1. The summed E-state index contributed by atoms with van der Waals surface area (Å²) in [6.45, 7) is 0. The van der Waals surface area contributed by atoms with Crippen LogP contribution in [-0.4, -0.2) is 11.0 Å². The van der Waals surface area contributed by atoms with E-state index in [-0.39, 0.29) is 0 Å². The molecule has 3 aromatic rings. The van der Waals surface area contributed by atoms with E-state index in [1.807, 2.05) is 0 Å². The maximum absolute atomic E-state index is 5.74. The molecule has 0 saturated heterocycles. The molecule has 1 aliphatic carbocycles. The van der Waals surface area contributed by atoms with Crippen molar-refractivity contribution in [2.45, 2.75) is 38.1 Å². The molecule has 116 valence electrons. The van der Waals surface area contributed by atoms with E-state index in [0.717, 1.165) is 10.6 Å². The van der Waals surface area contributed by atoms with Gasteiger partial charge in [-0.1, -0.05) is 86.1 Å². The lowest BCUT2D eigenvalue weighted by Gasteiger charge is -2.24. The molecular formula is C21H21NS. The van der Waals surface area contributed by atoms with Crippen molar-refractivity contribution in [2.24, 2.45) is 0 Å². The van der Waals surface area contributed by atoms with Crippen LogP contribution in [0.2, 0.25) is 0 Å². The van der Waals surface area contributed by atoms with Crippen LogP contribution < -0.4 is 5.32 Å². The van der Waals surface area contributed by atoms with Gasteiger partial charge in [0.15, 0.2) is 0 Å². The summed E-state index contributed by atoms with van der Waals surface area (Å²) in [6, 6.07) is 20.0. The molecule has 0 unspecified atom stereocenters. The highest BCUT2D eigenvalue weighted by molar-refractivity contribution is 7.80. The van der Waals surface area contributed by atoms with E-state index in [9.17, 15) is 0 Å². The summed E-state index contributed by atoms with van der Waals surface area (Å²) in [4.78, 5) is 0.901. The Morgan fingerprint density at radius 3 is 2.43 bits per heavy atom. The second-order valence-electron chi connectivity index (χ2n) is 6.50. The van der Waals surface area contributed by atoms with Crippen LogP contribution >= 0.6 is 12.2 Å². The van der Waals surface area contributed by atoms with Crippen molar-refractivity contribution < 1.29 is 0 Å². The topological polar surface area (TPSA) is 12.0 Å². The van der Waals surface area contributed by atoms with Crippen molar-refractivity contribution in [1.29, 1.82) is 0 Å². The van der Waals surface area contributed by atoms with Crippen molar-refractivity contribution in [3.05, 3.63) is 60.2 Å². The lowest BCUT2D eigenvalue weighted by molar-refractivity contribution is 0.415. The quantitative estimate of drug-likeness (QED) is 0.488. The zero-order valence-corrected chi connectivity index (χ0v) is 14.0. The maximum atomic E-state index is 5.74. The van der Waals surface area contributed by atoms with Crippen LogP contribution in [0.25, 0.3) is 21.5 Å². The Balaban J connectivity index is 1.74. The van der Waals surface area contributed by atoms with Crippen LogP contribution in [0.1, 0.15) is 37.7 Å². The first kappa shape index (κ1) is 14.6. The average Bonchev–Trinajstić information content (AvgIpc) is 2.62. The molecule has 23 heavy (non-hydrogen) atoms. The molecule has 0 aromatic heterocycles. The van der Waals surface area contributed by atoms with Gasteiger partial charge in [-0.15, -0.1) is 0 Å². The van der Waals surface area contributed by atoms with Crippen LogP contribution in [0.15, 0.2) is 54.6 Å². The Hall–Kier alpha value is -1.93. The Labute approximate surface area is 142 Å². The minimum absolute atomic E-state index is 0.548. The summed E-state index contributed by atoms with van der Waals surface area (Å²) < 4.78 is 0. The summed E-state index contributed by atoms with van der Waals surface area (Å²) in [5.74, 6) is 0. The zero-order valence-electron chi connectivity index (χ0n) is 13.2. The van der Waals surface area contributed by atoms with Gasteiger partial charge < -0.3 is 5.32 Å². The van der Waals surface area contributed by atoms with E-state index in [2.05, 4.69) is 59.9 Å². The van der Waals surface area contributed by atoms with Gasteiger partial charge in [0, 0.05) is 11.6 Å². The number of rotatable bonds is 2. The van der Waals surface area contributed by atoms with E-state index in [4.69, 9.17) is 12.2 Å². The SMILES string of the molecule is S=C(NC1CCCCC1)c1cccc2c1ccc1ccccc12. The molecule has 1 nitrogen and oxygen atoms in total. The van der Waals surface area contributed by atoms with Gasteiger partial charge in [-0.05, 0) is 34.4 Å². The molecule has 4 rings (SSSR count). The van der Waals surface area contributed by atoms with Gasteiger partial charge in [-0.25, -0.2) is 0 Å². The van der Waals surface area contributed by atoms with Crippen molar-refractivity contribution in [3.63, 3.8) is 0 Å². The summed E-state index contributed by atoms with van der Waals surface area (Å²) in [6.07, 6.45) is 6.49. The molecule has 1 fully saturated rings. The standard InChI is InChI=1S/C21H21NS/c23-21(22-16-8-2-1-3-9-16)20-12-6-11-18-17-10-5-4-7-15(17)13-14-19(18)20/h4-7,10-14,16H,1-3,8-9H2,(H,22,23). The lowest BCUT2D eigenvalue weighted by atomic mass is 9.94. The highest BCUT2D eigenvalue weighted by atomic mass is 32.1. The van der Waals surface area contributed by atoms with Gasteiger partial charge >= 0.3 is 0 Å². The fraction of sp³-hybridized carbons (Fsp3) is 0.286. The summed E-state index contributed by atoms with van der Waals surface area (Å²) >= 11 is 5.74. The number of fused-ring (bicyclic) bond motifs is 3. The molecule has 0 radical (unpaired) electrons. The van der Waals surface area contributed by atoms with E-state index in [1.54, 1.807) is 0 Å². The highest BCUT2D eigenvalue weighted by Gasteiger charge is 2.16. The average molecular weight is 319 g/mol. The Morgan fingerprint density at radius 2 is 1.57 bits per heavy atom. The zero-order chi connectivity index (χ0) is 15.6. The third-order valence-corrected chi connectivity index (χ3v) is 5.31. The molecule has 0 aliphatic heterocycles. The van der Waals surface area contributed by atoms with Crippen LogP contribution in [-0.2, 0) is 0 Å². The molecule has 0 atom stereocenters. The number of thiocarbonyl (C=S) groups is 1. The first-order chi connectivity index (χ1) is 11.3. The third-order valence-electron chi connectivity index (χ3n) is 4.97. The molecule has 1 N–H and O–H groups in total. The van der Waals surface area contributed by atoms with Crippen LogP contribution in [0.5, 0.6) is 0 Å². The lowest BCUT2D eigenvalue weighted by Crippen LogP contribution is -2.35. The van der Waals surface area contributed by atoms with Gasteiger partial charge in [0.2, 0.25) is 0 Å². The van der Waals surface area contributed by atoms with Crippen molar-refractivity contribution in [2.75, 3.05) is 0 Å². The fourth-order valence-electron chi connectivity index (χ4n) is 3.75. The largest absolute Gasteiger partial charge is 0.373 e. The Morgan fingerprint density at radius 1 is 0.783 bits per heavy atom. The molecule has 3 aromatic carbocycles. The van der Waals surface area contributed by atoms with E-state index in [1.165, 1.54) is 53.6 Å². The minimum Gasteiger partial charge on any atom is -0.373 e. The summed E-state index contributed by atoms with van der Waals surface area (Å²) in [7, 11) is 0. The molecule has 0 spiro atoms. The van der Waals surface area contributed by atoms with Crippen molar-refractivity contribution in [1.82, 2.24) is 5.32 Å².